The van der Waals surface area contributed by atoms with E-state index in [4.69, 9.17) is 5.11 Å². The molecule has 0 atom stereocenters. The number of nitrogens with one attached hydrogen (secondary N) is 1. The molecule has 3 rings (SSSR count). The lowest BCUT2D eigenvalue weighted by atomic mass is 9.95. The summed E-state index contributed by atoms with van der Waals surface area (Å²) < 4.78 is 27.1. The van der Waals surface area contributed by atoms with E-state index < -0.39 is 23.0 Å². The van der Waals surface area contributed by atoms with Crippen molar-refractivity contribution in [2.45, 2.75) is 31.1 Å². The molecule has 0 aliphatic heterocycles. The molecule has 4 nitrogen and oxygen atoms in total. The zero-order valence-corrected chi connectivity index (χ0v) is 14.1. The molecule has 0 bridgehead atoms. The van der Waals surface area contributed by atoms with Crippen LogP contribution in [0, 0.1) is 11.6 Å². The minimum Gasteiger partial charge on any atom is -0.478 e. The second-order valence-electron chi connectivity index (χ2n) is 6.64. The predicted molar refractivity (Wildman–Crippen MR) is 92.0 cm³/mol. The summed E-state index contributed by atoms with van der Waals surface area (Å²) in [5.41, 5.74) is 0.746. The Labute approximate surface area is 149 Å². The molecular formula is C20H19F2NO3. The van der Waals surface area contributed by atoms with Gasteiger partial charge in [0.15, 0.2) is 0 Å². The number of benzene rings is 2. The molecule has 0 radical (unpaired) electrons. The summed E-state index contributed by atoms with van der Waals surface area (Å²) in [7, 11) is 0. The minimum absolute atomic E-state index is 0.145. The Bertz CT molecular complexity index is 847. The molecule has 0 heterocycles. The minimum atomic E-state index is -1.02. The Balaban J connectivity index is 1.57. The molecule has 1 aliphatic carbocycles. The van der Waals surface area contributed by atoms with Gasteiger partial charge in [-0.1, -0.05) is 24.3 Å². The van der Waals surface area contributed by atoms with Crippen molar-refractivity contribution in [2.75, 3.05) is 6.54 Å². The first-order chi connectivity index (χ1) is 12.4. The molecule has 1 saturated carbocycles. The Morgan fingerprint density at radius 2 is 1.85 bits per heavy atom. The molecule has 2 aromatic carbocycles. The van der Waals surface area contributed by atoms with Crippen LogP contribution in [-0.4, -0.2) is 23.5 Å². The number of hydrogen-bond acceptors (Lipinski definition) is 2. The van der Waals surface area contributed by atoms with Crippen molar-refractivity contribution >= 4 is 11.9 Å². The second kappa shape index (κ2) is 7.23. The molecular weight excluding hydrogens is 340 g/mol. The van der Waals surface area contributed by atoms with E-state index >= 15 is 0 Å². The molecule has 1 fully saturated rings. The molecule has 1 amide bonds. The Morgan fingerprint density at radius 3 is 2.50 bits per heavy atom. The quantitative estimate of drug-likeness (QED) is 0.796. The van der Waals surface area contributed by atoms with Crippen molar-refractivity contribution in [1.29, 1.82) is 0 Å². The van der Waals surface area contributed by atoms with Gasteiger partial charge in [0, 0.05) is 24.4 Å². The summed E-state index contributed by atoms with van der Waals surface area (Å²) in [6, 6.07) is 10.1. The van der Waals surface area contributed by atoms with E-state index in [2.05, 4.69) is 5.32 Å². The molecule has 0 spiro atoms. The van der Waals surface area contributed by atoms with Crippen LogP contribution in [0.3, 0.4) is 0 Å². The fraction of sp³-hybridized carbons (Fsp3) is 0.300. The highest BCUT2D eigenvalue weighted by molar-refractivity contribution is 5.89. The van der Waals surface area contributed by atoms with Gasteiger partial charge in [0.05, 0.1) is 5.56 Å². The van der Waals surface area contributed by atoms with Crippen LogP contribution in [0.5, 0.6) is 0 Å². The lowest BCUT2D eigenvalue weighted by molar-refractivity contribution is -0.121. The third-order valence-corrected chi connectivity index (χ3v) is 4.85. The lowest BCUT2D eigenvalue weighted by Crippen LogP contribution is -2.33. The molecule has 0 aromatic heterocycles. The Kier molecular flexibility index (Phi) is 5.02. The number of carboxylic acids is 1. The first-order valence-corrected chi connectivity index (χ1v) is 8.45. The number of carbonyl (C=O) groups is 2. The second-order valence-corrected chi connectivity index (χ2v) is 6.64. The maximum atomic E-state index is 14.0. The maximum Gasteiger partial charge on any atom is 0.335 e. The topological polar surface area (TPSA) is 66.4 Å². The standard InChI is InChI=1S/C20H19F2NO3/c21-14-6-7-16(17(22)11-14)20(9-10-20)12-23-18(24)8-5-13-3-1-2-4-15(13)19(25)26/h1-4,6-7,11H,5,8-10,12H2,(H,23,24)(H,25,26). The number of hydrogen-bond donors (Lipinski definition) is 2. The van der Waals surface area contributed by atoms with Crippen LogP contribution in [0.15, 0.2) is 42.5 Å². The van der Waals surface area contributed by atoms with Crippen molar-refractivity contribution in [3.8, 4) is 0 Å². The van der Waals surface area contributed by atoms with Gasteiger partial charge in [0.2, 0.25) is 5.91 Å². The first-order valence-electron chi connectivity index (χ1n) is 8.45. The van der Waals surface area contributed by atoms with Crippen molar-refractivity contribution in [3.63, 3.8) is 0 Å². The summed E-state index contributed by atoms with van der Waals surface area (Å²) in [5, 5.41) is 12.0. The monoisotopic (exact) mass is 359 g/mol. The van der Waals surface area contributed by atoms with Gasteiger partial charge in [-0.25, -0.2) is 13.6 Å². The zero-order chi connectivity index (χ0) is 18.7. The number of carbonyl (C=O) groups excluding carboxylic acids is 1. The predicted octanol–water partition coefficient (Wildman–Crippen LogP) is 3.44. The molecule has 2 N–H and O–H groups in total. The van der Waals surface area contributed by atoms with Crippen molar-refractivity contribution < 1.29 is 23.5 Å². The van der Waals surface area contributed by atoms with Crippen molar-refractivity contribution in [1.82, 2.24) is 5.32 Å². The van der Waals surface area contributed by atoms with Gasteiger partial charge in [0.25, 0.3) is 0 Å². The maximum absolute atomic E-state index is 14.0. The normalized spacial score (nSPS) is 14.7. The smallest absolute Gasteiger partial charge is 0.335 e. The fourth-order valence-corrected chi connectivity index (χ4v) is 3.16. The van der Waals surface area contributed by atoms with Crippen LogP contribution in [0.25, 0.3) is 0 Å². The largest absolute Gasteiger partial charge is 0.478 e. The molecule has 1 aliphatic rings. The van der Waals surface area contributed by atoms with Gasteiger partial charge in [-0.2, -0.15) is 0 Å². The van der Waals surface area contributed by atoms with E-state index in [1.165, 1.54) is 18.2 Å². The highest BCUT2D eigenvalue weighted by atomic mass is 19.1. The van der Waals surface area contributed by atoms with E-state index in [0.29, 0.717) is 17.5 Å². The lowest BCUT2D eigenvalue weighted by Gasteiger charge is -2.17. The number of rotatable bonds is 7. The third-order valence-electron chi connectivity index (χ3n) is 4.85. The van der Waals surface area contributed by atoms with Crippen LogP contribution >= 0.6 is 0 Å². The van der Waals surface area contributed by atoms with Gasteiger partial charge in [-0.3, -0.25) is 4.79 Å². The van der Waals surface area contributed by atoms with Gasteiger partial charge in [-0.15, -0.1) is 0 Å². The number of aryl methyl sites for hydroxylation is 1. The zero-order valence-electron chi connectivity index (χ0n) is 14.1. The average Bonchev–Trinajstić information content (AvgIpc) is 3.39. The number of carboxylic acid groups (broad SMARTS) is 1. The number of amides is 1. The molecule has 2 aromatic rings. The van der Waals surface area contributed by atoms with Gasteiger partial charge < -0.3 is 10.4 Å². The molecule has 26 heavy (non-hydrogen) atoms. The van der Waals surface area contributed by atoms with Crippen LogP contribution < -0.4 is 5.32 Å². The number of halogens is 2. The summed E-state index contributed by atoms with van der Waals surface area (Å²) in [5.74, 6) is -2.46. The van der Waals surface area contributed by atoms with E-state index in [1.807, 2.05) is 0 Å². The SMILES string of the molecule is O=C(CCc1ccccc1C(=O)O)NCC1(c2ccc(F)cc2F)CC1. The van der Waals surface area contributed by atoms with Crippen molar-refractivity contribution in [2.24, 2.45) is 0 Å². The summed E-state index contributed by atoms with van der Waals surface area (Å²) in [6.45, 7) is 0.287. The van der Waals surface area contributed by atoms with Crippen LogP contribution in [0.1, 0.15) is 40.7 Å². The van der Waals surface area contributed by atoms with E-state index in [9.17, 15) is 18.4 Å². The molecule has 0 unspecified atom stereocenters. The van der Waals surface area contributed by atoms with Crippen LogP contribution in [0.4, 0.5) is 8.78 Å². The average molecular weight is 359 g/mol. The molecule has 0 saturated heterocycles. The van der Waals surface area contributed by atoms with Gasteiger partial charge >= 0.3 is 5.97 Å². The first kappa shape index (κ1) is 18.0. The van der Waals surface area contributed by atoms with E-state index in [-0.39, 0.29) is 24.4 Å². The Hall–Kier alpha value is -2.76. The van der Waals surface area contributed by atoms with Crippen molar-refractivity contribution in [3.05, 3.63) is 70.8 Å². The van der Waals surface area contributed by atoms with Crippen LogP contribution in [-0.2, 0) is 16.6 Å². The Morgan fingerprint density at radius 1 is 1.12 bits per heavy atom. The fourth-order valence-electron chi connectivity index (χ4n) is 3.16. The summed E-state index contributed by atoms with van der Waals surface area (Å²) >= 11 is 0. The van der Waals surface area contributed by atoms with E-state index in [1.54, 1.807) is 18.2 Å². The van der Waals surface area contributed by atoms with Gasteiger partial charge in [-0.05, 0) is 42.5 Å². The highest BCUT2D eigenvalue weighted by Gasteiger charge is 2.46. The number of aromatic carboxylic acids is 1. The highest BCUT2D eigenvalue weighted by Crippen LogP contribution is 2.48. The van der Waals surface area contributed by atoms with Gasteiger partial charge in [0.1, 0.15) is 11.6 Å². The van der Waals surface area contributed by atoms with Crippen LogP contribution in [0.2, 0.25) is 0 Å². The summed E-state index contributed by atoms with van der Waals surface area (Å²) in [6.07, 6.45) is 1.92. The molecule has 6 heteroatoms. The summed E-state index contributed by atoms with van der Waals surface area (Å²) in [4.78, 5) is 23.3. The van der Waals surface area contributed by atoms with E-state index in [0.717, 1.165) is 18.9 Å². The molecule has 136 valence electrons. The third kappa shape index (κ3) is 3.90.